The first kappa shape index (κ1) is 17.4. The summed E-state index contributed by atoms with van der Waals surface area (Å²) in [5.74, 6) is 0.0499. The Morgan fingerprint density at radius 2 is 2.15 bits per heavy atom. The van der Waals surface area contributed by atoms with Gasteiger partial charge in [0.15, 0.2) is 6.29 Å². The number of amides is 1. The molecule has 0 unspecified atom stereocenters. The van der Waals surface area contributed by atoms with Gasteiger partial charge < -0.3 is 14.8 Å². The van der Waals surface area contributed by atoms with Crippen molar-refractivity contribution in [2.45, 2.75) is 64.8 Å². The fraction of sp³-hybridized carbons (Fsp3) is 0.933. The zero-order valence-electron chi connectivity index (χ0n) is 13.6. The lowest BCUT2D eigenvalue weighted by molar-refractivity contribution is -0.164. The van der Waals surface area contributed by atoms with E-state index >= 15 is 0 Å². The minimum Gasteiger partial charge on any atom is -0.353 e. The first-order chi connectivity index (χ1) is 9.29. The largest absolute Gasteiger partial charge is 0.353 e. The Kier molecular flexibility index (Phi) is 6.92. The Balaban J connectivity index is 2.23. The van der Waals surface area contributed by atoms with E-state index in [0.717, 1.165) is 26.0 Å². The standard InChI is InChI=1S/C15H30N2O3/c1-12(14(18)16-15(2,3)4)17(5)9-11-20-13-8-6-7-10-19-13/h12-13H,6-11H2,1-5H3,(H,16,18)/t12-,13-/m0/s1. The minimum absolute atomic E-state index is 0.0499. The van der Waals surface area contributed by atoms with Gasteiger partial charge in [-0.25, -0.2) is 0 Å². The van der Waals surface area contributed by atoms with Gasteiger partial charge in [0.25, 0.3) is 0 Å². The Labute approximate surface area is 123 Å². The molecule has 1 aliphatic heterocycles. The maximum absolute atomic E-state index is 12.0. The van der Waals surface area contributed by atoms with Gasteiger partial charge in [-0.2, -0.15) is 0 Å². The van der Waals surface area contributed by atoms with E-state index in [1.54, 1.807) is 0 Å². The van der Waals surface area contributed by atoms with Crippen LogP contribution in [0.15, 0.2) is 0 Å². The third-order valence-corrected chi connectivity index (χ3v) is 3.42. The summed E-state index contributed by atoms with van der Waals surface area (Å²) in [5.41, 5.74) is -0.196. The summed E-state index contributed by atoms with van der Waals surface area (Å²) in [5, 5.41) is 2.99. The summed E-state index contributed by atoms with van der Waals surface area (Å²) < 4.78 is 11.2. The predicted octanol–water partition coefficient (Wildman–Crippen LogP) is 1.76. The van der Waals surface area contributed by atoms with E-state index in [1.165, 1.54) is 6.42 Å². The van der Waals surface area contributed by atoms with E-state index in [4.69, 9.17) is 9.47 Å². The zero-order chi connectivity index (χ0) is 15.2. The Hall–Kier alpha value is -0.650. The Morgan fingerprint density at radius 1 is 1.45 bits per heavy atom. The normalized spacial score (nSPS) is 21.8. The molecule has 20 heavy (non-hydrogen) atoms. The van der Waals surface area contributed by atoms with E-state index < -0.39 is 0 Å². The maximum atomic E-state index is 12.0. The van der Waals surface area contributed by atoms with Crippen molar-refractivity contribution < 1.29 is 14.3 Å². The monoisotopic (exact) mass is 286 g/mol. The van der Waals surface area contributed by atoms with Crippen molar-refractivity contribution in [3.05, 3.63) is 0 Å². The summed E-state index contributed by atoms with van der Waals surface area (Å²) in [6, 6.07) is -0.162. The number of nitrogens with zero attached hydrogens (tertiary/aromatic N) is 1. The van der Waals surface area contributed by atoms with Crippen LogP contribution in [-0.4, -0.2) is 55.5 Å². The summed E-state index contributed by atoms with van der Waals surface area (Å²) >= 11 is 0. The van der Waals surface area contributed by atoms with Gasteiger partial charge >= 0.3 is 0 Å². The lowest BCUT2D eigenvalue weighted by atomic mass is 10.1. The molecule has 0 aliphatic carbocycles. The molecule has 5 nitrogen and oxygen atoms in total. The number of hydrogen-bond acceptors (Lipinski definition) is 4. The maximum Gasteiger partial charge on any atom is 0.237 e. The SMILES string of the molecule is C[C@@H](C(=O)NC(C)(C)C)N(C)CCO[C@H]1CCCCO1. The molecular weight excluding hydrogens is 256 g/mol. The summed E-state index contributed by atoms with van der Waals surface area (Å²) in [6.45, 7) is 9.99. The van der Waals surface area contributed by atoms with Gasteiger partial charge in [0.1, 0.15) is 0 Å². The number of hydrogen-bond donors (Lipinski definition) is 1. The van der Waals surface area contributed by atoms with Crippen LogP contribution in [0.2, 0.25) is 0 Å². The molecule has 0 aromatic rings. The fourth-order valence-corrected chi connectivity index (χ4v) is 2.04. The van der Waals surface area contributed by atoms with Crippen molar-refractivity contribution in [2.75, 3.05) is 26.8 Å². The first-order valence-electron chi connectivity index (χ1n) is 7.55. The summed E-state index contributed by atoms with van der Waals surface area (Å²) in [6.07, 6.45) is 3.22. The summed E-state index contributed by atoms with van der Waals surface area (Å²) in [4.78, 5) is 14.1. The van der Waals surface area contributed by atoms with Crippen LogP contribution >= 0.6 is 0 Å². The van der Waals surface area contributed by atoms with Crippen molar-refractivity contribution in [2.24, 2.45) is 0 Å². The molecule has 1 N–H and O–H groups in total. The molecule has 1 heterocycles. The average Bonchev–Trinajstić information content (AvgIpc) is 2.37. The lowest BCUT2D eigenvalue weighted by Gasteiger charge is -2.29. The highest BCUT2D eigenvalue weighted by Gasteiger charge is 2.22. The predicted molar refractivity (Wildman–Crippen MR) is 79.5 cm³/mol. The number of carbonyl (C=O) groups is 1. The Bertz CT molecular complexity index is 296. The van der Waals surface area contributed by atoms with Gasteiger partial charge in [-0.15, -0.1) is 0 Å². The molecule has 1 amide bonds. The second-order valence-corrected chi connectivity index (χ2v) is 6.56. The molecule has 0 aromatic carbocycles. The van der Waals surface area contributed by atoms with Gasteiger partial charge in [0.2, 0.25) is 5.91 Å². The molecule has 0 bridgehead atoms. The molecule has 0 saturated carbocycles. The van der Waals surface area contributed by atoms with Crippen LogP contribution in [0.3, 0.4) is 0 Å². The van der Waals surface area contributed by atoms with Crippen molar-refractivity contribution >= 4 is 5.91 Å². The highest BCUT2D eigenvalue weighted by Crippen LogP contribution is 2.13. The molecule has 1 rings (SSSR count). The molecule has 1 fully saturated rings. The topological polar surface area (TPSA) is 50.8 Å². The van der Waals surface area contributed by atoms with Gasteiger partial charge in [-0.1, -0.05) is 0 Å². The molecule has 118 valence electrons. The molecule has 1 saturated heterocycles. The fourth-order valence-electron chi connectivity index (χ4n) is 2.04. The van der Waals surface area contributed by atoms with E-state index in [0.29, 0.717) is 6.61 Å². The lowest BCUT2D eigenvalue weighted by Crippen LogP contribution is -2.50. The molecular formula is C15H30N2O3. The van der Waals surface area contributed by atoms with Crippen LogP contribution in [0.1, 0.15) is 47.0 Å². The van der Waals surface area contributed by atoms with Crippen molar-refractivity contribution in [1.29, 1.82) is 0 Å². The van der Waals surface area contributed by atoms with E-state index in [1.807, 2.05) is 39.6 Å². The van der Waals surface area contributed by atoms with Gasteiger partial charge in [-0.3, -0.25) is 9.69 Å². The van der Waals surface area contributed by atoms with Crippen LogP contribution in [0.5, 0.6) is 0 Å². The van der Waals surface area contributed by atoms with Crippen molar-refractivity contribution in [3.63, 3.8) is 0 Å². The Morgan fingerprint density at radius 3 is 2.70 bits per heavy atom. The molecule has 0 aromatic heterocycles. The molecule has 0 radical (unpaired) electrons. The smallest absolute Gasteiger partial charge is 0.237 e. The van der Waals surface area contributed by atoms with E-state index in [-0.39, 0.29) is 23.8 Å². The first-order valence-corrected chi connectivity index (χ1v) is 7.55. The number of nitrogens with one attached hydrogen (secondary N) is 1. The number of rotatable bonds is 6. The zero-order valence-corrected chi connectivity index (χ0v) is 13.6. The van der Waals surface area contributed by atoms with Crippen molar-refractivity contribution in [3.8, 4) is 0 Å². The average molecular weight is 286 g/mol. The van der Waals surface area contributed by atoms with Crippen LogP contribution < -0.4 is 5.32 Å². The van der Waals surface area contributed by atoms with Crippen molar-refractivity contribution in [1.82, 2.24) is 10.2 Å². The number of carbonyl (C=O) groups excluding carboxylic acids is 1. The van der Waals surface area contributed by atoms with E-state index in [2.05, 4.69) is 5.32 Å². The second-order valence-electron chi connectivity index (χ2n) is 6.56. The minimum atomic E-state index is -0.196. The quantitative estimate of drug-likeness (QED) is 0.808. The molecule has 2 atom stereocenters. The van der Waals surface area contributed by atoms with Crippen LogP contribution in [-0.2, 0) is 14.3 Å². The molecule has 0 spiro atoms. The van der Waals surface area contributed by atoms with Gasteiger partial charge in [0.05, 0.1) is 12.6 Å². The third kappa shape index (κ3) is 6.68. The van der Waals surface area contributed by atoms with E-state index in [9.17, 15) is 4.79 Å². The highest BCUT2D eigenvalue weighted by molar-refractivity contribution is 5.81. The molecule has 5 heteroatoms. The van der Waals surface area contributed by atoms with Crippen LogP contribution in [0, 0.1) is 0 Å². The number of likely N-dealkylation sites (N-methyl/N-ethyl adjacent to an activating group) is 1. The second kappa shape index (κ2) is 7.96. The molecule has 1 aliphatic rings. The van der Waals surface area contributed by atoms with Crippen LogP contribution in [0.25, 0.3) is 0 Å². The number of ether oxygens (including phenoxy) is 2. The third-order valence-electron chi connectivity index (χ3n) is 3.42. The summed E-state index contributed by atoms with van der Waals surface area (Å²) in [7, 11) is 1.94. The van der Waals surface area contributed by atoms with Gasteiger partial charge in [0, 0.05) is 18.7 Å². The van der Waals surface area contributed by atoms with Crippen LogP contribution in [0.4, 0.5) is 0 Å². The van der Waals surface area contributed by atoms with Gasteiger partial charge in [-0.05, 0) is 54.0 Å². The highest BCUT2D eigenvalue weighted by atomic mass is 16.7.